The highest BCUT2D eigenvalue weighted by Crippen LogP contribution is 2.32. The summed E-state index contributed by atoms with van der Waals surface area (Å²) in [7, 11) is 1.01. The average molecular weight is 344 g/mol. The number of esters is 1. The molecule has 0 aromatic heterocycles. The van der Waals surface area contributed by atoms with Gasteiger partial charge in [-0.3, -0.25) is 0 Å². The number of carboxylic acid groups (broad SMARTS) is 3. The topological polar surface area (TPSA) is 138 Å². The molecule has 2 rings (SSSR count). The van der Waals surface area contributed by atoms with Crippen molar-refractivity contribution in [2.45, 2.75) is 0 Å². The smallest absolute Gasteiger partial charge is 0.339 e. The highest BCUT2D eigenvalue weighted by molar-refractivity contribution is 6.17. The van der Waals surface area contributed by atoms with Gasteiger partial charge in [0.1, 0.15) is 0 Å². The van der Waals surface area contributed by atoms with Crippen LogP contribution in [0.25, 0.3) is 11.1 Å². The first-order valence-corrected chi connectivity index (χ1v) is 6.84. The maximum atomic E-state index is 12.2. The van der Waals surface area contributed by atoms with Crippen molar-refractivity contribution in [3.8, 4) is 11.1 Å². The van der Waals surface area contributed by atoms with E-state index in [-0.39, 0.29) is 5.56 Å². The minimum absolute atomic E-state index is 0.0488. The van der Waals surface area contributed by atoms with Gasteiger partial charge in [0.05, 0.1) is 29.4 Å². The predicted molar refractivity (Wildman–Crippen MR) is 84.1 cm³/mol. The molecule has 0 saturated carbocycles. The molecule has 0 bridgehead atoms. The molecule has 0 saturated heterocycles. The standard InChI is InChI=1S/C17H12O8/c1-25-17(24)12-9(8-5-3-2-4-6-8)7-10(14(18)19)11(15(20)21)13(12)16(22)23/h2-7H,1H3,(H,18,19)(H,20,21)(H,22,23). The number of benzene rings is 2. The second kappa shape index (κ2) is 6.83. The Morgan fingerprint density at radius 3 is 1.80 bits per heavy atom. The Morgan fingerprint density at radius 2 is 1.36 bits per heavy atom. The molecule has 2 aromatic rings. The molecule has 128 valence electrons. The minimum atomic E-state index is -1.78. The van der Waals surface area contributed by atoms with Crippen LogP contribution in [0, 0.1) is 0 Å². The third-order valence-electron chi connectivity index (χ3n) is 3.46. The summed E-state index contributed by atoms with van der Waals surface area (Å²) in [6, 6.07) is 8.88. The van der Waals surface area contributed by atoms with E-state index in [0.717, 1.165) is 13.2 Å². The van der Waals surface area contributed by atoms with Gasteiger partial charge in [-0.15, -0.1) is 0 Å². The molecule has 0 radical (unpaired) electrons. The number of methoxy groups -OCH3 is 1. The number of carboxylic acids is 3. The molecule has 0 fully saturated rings. The van der Waals surface area contributed by atoms with Crippen molar-refractivity contribution in [3.63, 3.8) is 0 Å². The Kier molecular flexibility index (Phi) is 4.83. The van der Waals surface area contributed by atoms with Crippen molar-refractivity contribution in [1.82, 2.24) is 0 Å². The zero-order chi connectivity index (χ0) is 18.7. The van der Waals surface area contributed by atoms with E-state index in [1.165, 1.54) is 12.1 Å². The third-order valence-corrected chi connectivity index (χ3v) is 3.46. The molecule has 0 aliphatic carbocycles. The number of hydrogen-bond acceptors (Lipinski definition) is 5. The number of rotatable bonds is 5. The molecule has 8 nitrogen and oxygen atoms in total. The Morgan fingerprint density at radius 1 is 0.800 bits per heavy atom. The zero-order valence-corrected chi connectivity index (χ0v) is 12.8. The number of aromatic carboxylic acids is 3. The van der Waals surface area contributed by atoms with Crippen molar-refractivity contribution >= 4 is 23.9 Å². The predicted octanol–water partition coefficient (Wildman–Crippen LogP) is 2.23. The second-order valence-electron chi connectivity index (χ2n) is 4.87. The van der Waals surface area contributed by atoms with Crippen LogP contribution in [0.1, 0.15) is 41.4 Å². The lowest BCUT2D eigenvalue weighted by atomic mass is 9.88. The molecule has 8 heteroatoms. The lowest BCUT2D eigenvalue weighted by Crippen LogP contribution is -2.21. The molecular weight excluding hydrogens is 332 g/mol. The largest absolute Gasteiger partial charge is 0.478 e. The third kappa shape index (κ3) is 3.18. The molecule has 3 N–H and O–H groups in total. The van der Waals surface area contributed by atoms with E-state index >= 15 is 0 Å². The lowest BCUT2D eigenvalue weighted by molar-refractivity contribution is 0.0577. The van der Waals surface area contributed by atoms with E-state index < -0.39 is 46.1 Å². The summed E-state index contributed by atoms with van der Waals surface area (Å²) in [5.41, 5.74) is -2.89. The van der Waals surface area contributed by atoms with Gasteiger partial charge in [-0.1, -0.05) is 30.3 Å². The van der Waals surface area contributed by atoms with Crippen molar-refractivity contribution < 1.29 is 39.2 Å². The fourth-order valence-corrected chi connectivity index (χ4v) is 2.45. The monoisotopic (exact) mass is 344 g/mol. The summed E-state index contributed by atoms with van der Waals surface area (Å²) in [5.74, 6) is -6.25. The van der Waals surface area contributed by atoms with Gasteiger partial charge in [-0.25, -0.2) is 19.2 Å². The van der Waals surface area contributed by atoms with Gasteiger partial charge in [0.2, 0.25) is 0 Å². The maximum Gasteiger partial charge on any atom is 0.339 e. The number of carbonyl (C=O) groups excluding carboxylic acids is 1. The van der Waals surface area contributed by atoms with Crippen LogP contribution in [0.4, 0.5) is 0 Å². The van der Waals surface area contributed by atoms with Crippen LogP contribution in [0.2, 0.25) is 0 Å². The summed E-state index contributed by atoms with van der Waals surface area (Å²) >= 11 is 0. The molecule has 0 amide bonds. The first kappa shape index (κ1) is 17.7. The summed E-state index contributed by atoms with van der Waals surface area (Å²) in [6.45, 7) is 0. The number of ether oxygens (including phenoxy) is 1. The molecule has 0 spiro atoms. The van der Waals surface area contributed by atoms with Gasteiger partial charge in [0.25, 0.3) is 0 Å². The van der Waals surface area contributed by atoms with Crippen LogP contribution in [-0.4, -0.2) is 46.3 Å². The van der Waals surface area contributed by atoms with Gasteiger partial charge in [-0.05, 0) is 17.2 Å². The van der Waals surface area contributed by atoms with E-state index in [1.807, 2.05) is 0 Å². The van der Waals surface area contributed by atoms with Gasteiger partial charge in [0, 0.05) is 0 Å². The molecule has 0 unspecified atom stereocenters. The fourth-order valence-electron chi connectivity index (χ4n) is 2.45. The van der Waals surface area contributed by atoms with Crippen LogP contribution in [-0.2, 0) is 4.74 Å². The van der Waals surface area contributed by atoms with Gasteiger partial charge in [-0.2, -0.15) is 0 Å². The second-order valence-corrected chi connectivity index (χ2v) is 4.87. The Hall–Kier alpha value is -3.68. The summed E-state index contributed by atoms with van der Waals surface area (Å²) in [5, 5.41) is 28.1. The van der Waals surface area contributed by atoms with E-state index in [1.54, 1.807) is 18.2 Å². The normalized spacial score (nSPS) is 10.1. The van der Waals surface area contributed by atoms with E-state index in [2.05, 4.69) is 4.74 Å². The summed E-state index contributed by atoms with van der Waals surface area (Å²) in [4.78, 5) is 46.8. The zero-order valence-electron chi connectivity index (χ0n) is 12.8. The Labute approximate surface area is 140 Å². The van der Waals surface area contributed by atoms with Gasteiger partial charge in [0.15, 0.2) is 0 Å². The van der Waals surface area contributed by atoms with Gasteiger partial charge >= 0.3 is 23.9 Å². The Bertz CT molecular complexity index is 883. The van der Waals surface area contributed by atoms with Crippen LogP contribution in [0.3, 0.4) is 0 Å². The summed E-state index contributed by atoms with van der Waals surface area (Å²) in [6.07, 6.45) is 0. The lowest BCUT2D eigenvalue weighted by Gasteiger charge is -2.16. The number of carbonyl (C=O) groups is 4. The molecule has 0 atom stereocenters. The fraction of sp³-hybridized carbons (Fsp3) is 0.0588. The average Bonchev–Trinajstić information content (AvgIpc) is 2.59. The van der Waals surface area contributed by atoms with Crippen molar-refractivity contribution in [2.75, 3.05) is 7.11 Å². The van der Waals surface area contributed by atoms with Crippen LogP contribution in [0.5, 0.6) is 0 Å². The molecule has 2 aromatic carbocycles. The molecular formula is C17H12O8. The van der Waals surface area contributed by atoms with Crippen molar-refractivity contribution in [2.24, 2.45) is 0 Å². The SMILES string of the molecule is COC(=O)c1c(-c2ccccc2)cc(C(=O)O)c(C(=O)O)c1C(=O)O. The van der Waals surface area contributed by atoms with E-state index in [4.69, 9.17) is 0 Å². The first-order chi connectivity index (χ1) is 11.8. The maximum absolute atomic E-state index is 12.2. The van der Waals surface area contributed by atoms with Gasteiger partial charge < -0.3 is 20.1 Å². The minimum Gasteiger partial charge on any atom is -0.478 e. The van der Waals surface area contributed by atoms with Crippen molar-refractivity contribution in [3.05, 3.63) is 58.7 Å². The quantitative estimate of drug-likeness (QED) is 0.702. The number of hydrogen-bond donors (Lipinski definition) is 3. The highest BCUT2D eigenvalue weighted by Gasteiger charge is 2.33. The van der Waals surface area contributed by atoms with E-state index in [9.17, 15) is 34.5 Å². The molecule has 0 aliphatic rings. The summed E-state index contributed by atoms with van der Waals surface area (Å²) < 4.78 is 4.58. The van der Waals surface area contributed by atoms with Crippen LogP contribution < -0.4 is 0 Å². The van der Waals surface area contributed by atoms with Crippen LogP contribution >= 0.6 is 0 Å². The molecule has 0 heterocycles. The van der Waals surface area contributed by atoms with Crippen LogP contribution in [0.15, 0.2) is 36.4 Å². The first-order valence-electron chi connectivity index (χ1n) is 6.84. The molecule has 0 aliphatic heterocycles. The molecule has 25 heavy (non-hydrogen) atoms. The Balaban J connectivity index is 3.07. The highest BCUT2D eigenvalue weighted by atomic mass is 16.5. The van der Waals surface area contributed by atoms with E-state index in [0.29, 0.717) is 5.56 Å². The van der Waals surface area contributed by atoms with Crippen molar-refractivity contribution in [1.29, 1.82) is 0 Å².